The minimum atomic E-state index is -1.01. The average Bonchev–Trinajstić information content (AvgIpc) is 3.21. The highest BCUT2D eigenvalue weighted by atomic mass is 16.3. The maximum Gasteiger partial charge on any atom is 0.262 e. The molecule has 1 aromatic heterocycles. The lowest BCUT2D eigenvalue weighted by Gasteiger charge is -2.22. The van der Waals surface area contributed by atoms with Crippen molar-refractivity contribution < 1.29 is 14.7 Å². The number of nitrogens with zero attached hydrogens (tertiary/aromatic N) is 3. The van der Waals surface area contributed by atoms with Gasteiger partial charge in [-0.15, -0.1) is 0 Å². The van der Waals surface area contributed by atoms with E-state index in [0.29, 0.717) is 11.0 Å². The number of rotatable bonds is 3. The number of imidazole rings is 1. The highest BCUT2D eigenvalue weighted by Crippen LogP contribution is 2.28. The molecular formula is C20H14N4O3. The highest BCUT2D eigenvalue weighted by Gasteiger charge is 2.40. The summed E-state index contributed by atoms with van der Waals surface area (Å²) in [6.07, 6.45) is 0. The van der Waals surface area contributed by atoms with Crippen LogP contribution in [0.1, 0.15) is 33.5 Å². The van der Waals surface area contributed by atoms with E-state index in [1.54, 1.807) is 36.4 Å². The molecule has 0 bridgehead atoms. The maximum atomic E-state index is 12.6. The van der Waals surface area contributed by atoms with Gasteiger partial charge in [0.25, 0.3) is 11.8 Å². The summed E-state index contributed by atoms with van der Waals surface area (Å²) in [5.74, 6) is -1.22. The van der Waals surface area contributed by atoms with E-state index in [-0.39, 0.29) is 22.5 Å². The summed E-state index contributed by atoms with van der Waals surface area (Å²) in [4.78, 5) is 33.5. The predicted octanol–water partition coefficient (Wildman–Crippen LogP) is 3.04. The zero-order chi connectivity index (χ0) is 19.1. The van der Waals surface area contributed by atoms with E-state index < -0.39 is 23.6 Å². The second kappa shape index (κ2) is 6.11. The molecule has 1 atom stereocenters. The summed E-state index contributed by atoms with van der Waals surface area (Å²) in [6.45, 7) is 1.50. The quantitative estimate of drug-likeness (QED) is 0.425. The first-order chi connectivity index (χ1) is 13.0. The zero-order valence-electron chi connectivity index (χ0n) is 14.3. The summed E-state index contributed by atoms with van der Waals surface area (Å²) in [5.41, 5.74) is 1.80. The van der Waals surface area contributed by atoms with Crippen LogP contribution in [-0.4, -0.2) is 37.8 Å². The molecule has 2 amide bonds. The third kappa shape index (κ3) is 2.47. The minimum absolute atomic E-state index is 0.116. The van der Waals surface area contributed by atoms with Gasteiger partial charge in [-0.05, 0) is 31.2 Å². The number of allylic oxidation sites excluding steroid dienone is 1. The van der Waals surface area contributed by atoms with Crippen molar-refractivity contribution in [1.29, 1.82) is 5.26 Å². The molecule has 0 aliphatic carbocycles. The van der Waals surface area contributed by atoms with E-state index in [1.807, 2.05) is 18.2 Å². The number of imide groups is 1. The van der Waals surface area contributed by atoms with Crippen LogP contribution in [0.4, 0.5) is 0 Å². The van der Waals surface area contributed by atoms with Crippen LogP contribution < -0.4 is 0 Å². The largest absolute Gasteiger partial charge is 0.509 e. The number of fused-ring (bicyclic) bond motifs is 2. The van der Waals surface area contributed by atoms with Crippen molar-refractivity contribution in [1.82, 2.24) is 14.9 Å². The lowest BCUT2D eigenvalue weighted by atomic mass is 10.1. The van der Waals surface area contributed by atoms with E-state index >= 15 is 0 Å². The van der Waals surface area contributed by atoms with Crippen molar-refractivity contribution in [2.45, 2.75) is 13.0 Å². The Labute approximate surface area is 154 Å². The number of aromatic amines is 1. The van der Waals surface area contributed by atoms with Crippen LogP contribution >= 0.6 is 0 Å². The number of H-pyrrole nitrogens is 1. The highest BCUT2D eigenvalue weighted by molar-refractivity contribution is 6.21. The predicted molar refractivity (Wildman–Crippen MR) is 97.7 cm³/mol. The summed E-state index contributed by atoms with van der Waals surface area (Å²) >= 11 is 0. The molecular weight excluding hydrogens is 344 g/mol. The van der Waals surface area contributed by atoms with Crippen molar-refractivity contribution in [3.63, 3.8) is 0 Å². The number of aromatic nitrogens is 2. The van der Waals surface area contributed by atoms with Gasteiger partial charge in [0.05, 0.1) is 28.2 Å². The normalized spacial score (nSPS) is 15.5. The molecule has 4 rings (SSSR count). The van der Waals surface area contributed by atoms with Crippen LogP contribution in [-0.2, 0) is 0 Å². The number of benzene rings is 2. The Morgan fingerprint density at radius 3 is 2.30 bits per heavy atom. The topological polar surface area (TPSA) is 110 Å². The monoisotopic (exact) mass is 358 g/mol. The van der Waals surface area contributed by atoms with Crippen LogP contribution in [0.2, 0.25) is 0 Å². The van der Waals surface area contributed by atoms with Gasteiger partial charge in [0.2, 0.25) is 0 Å². The molecule has 2 aromatic carbocycles. The summed E-state index contributed by atoms with van der Waals surface area (Å²) < 4.78 is 0. The summed E-state index contributed by atoms with van der Waals surface area (Å²) in [7, 11) is 0. The molecule has 2 heterocycles. The number of carbonyl (C=O) groups excluding carboxylic acids is 2. The Kier molecular flexibility index (Phi) is 3.74. The minimum Gasteiger partial charge on any atom is -0.509 e. The van der Waals surface area contributed by atoms with Crippen molar-refractivity contribution in [3.05, 3.63) is 71.2 Å². The Balaban J connectivity index is 1.76. The molecule has 3 aromatic rings. The molecule has 132 valence electrons. The number of hydrogen-bond acceptors (Lipinski definition) is 5. The third-order valence-electron chi connectivity index (χ3n) is 4.60. The van der Waals surface area contributed by atoms with Gasteiger partial charge in [-0.2, -0.15) is 5.26 Å². The van der Waals surface area contributed by atoms with Gasteiger partial charge in [0.1, 0.15) is 17.4 Å². The molecule has 1 aliphatic rings. The fraction of sp³-hybridized carbons (Fsp3) is 0.100. The Morgan fingerprint density at radius 2 is 1.70 bits per heavy atom. The Hall–Kier alpha value is -3.92. The Bertz CT molecular complexity index is 1100. The standard InChI is InChI=1S/C20H14N4O3/c1-11(24-19(26)12-6-2-3-7-13(12)20(24)27)17(25)14(10-21)18-22-15-8-4-5-9-16(15)23-18/h2-9,11,25H,1H3,(H,22,23). The second-order valence-electron chi connectivity index (χ2n) is 6.18. The molecule has 0 fully saturated rings. The van der Waals surface area contributed by atoms with Crippen molar-refractivity contribution >= 4 is 28.4 Å². The lowest BCUT2D eigenvalue weighted by molar-refractivity contribution is 0.0590. The van der Waals surface area contributed by atoms with E-state index in [9.17, 15) is 20.0 Å². The number of para-hydroxylation sites is 2. The number of hydrogen-bond donors (Lipinski definition) is 2. The molecule has 2 N–H and O–H groups in total. The van der Waals surface area contributed by atoms with Crippen LogP contribution in [0.25, 0.3) is 16.6 Å². The van der Waals surface area contributed by atoms with Crippen LogP contribution in [0, 0.1) is 11.3 Å². The van der Waals surface area contributed by atoms with Gasteiger partial charge in [0, 0.05) is 0 Å². The van der Waals surface area contributed by atoms with Gasteiger partial charge in [0.15, 0.2) is 5.82 Å². The summed E-state index contributed by atoms with van der Waals surface area (Å²) in [5, 5.41) is 20.2. The molecule has 0 saturated carbocycles. The molecule has 1 unspecified atom stereocenters. The van der Waals surface area contributed by atoms with Crippen LogP contribution in [0.15, 0.2) is 54.3 Å². The van der Waals surface area contributed by atoms with E-state index in [4.69, 9.17) is 0 Å². The van der Waals surface area contributed by atoms with Crippen molar-refractivity contribution in [2.24, 2.45) is 0 Å². The lowest BCUT2D eigenvalue weighted by Crippen LogP contribution is -2.39. The molecule has 7 nitrogen and oxygen atoms in total. The van der Waals surface area contributed by atoms with Crippen molar-refractivity contribution in [2.75, 3.05) is 0 Å². The second-order valence-corrected chi connectivity index (χ2v) is 6.18. The Morgan fingerprint density at radius 1 is 1.11 bits per heavy atom. The van der Waals surface area contributed by atoms with E-state index in [1.165, 1.54) is 6.92 Å². The number of amides is 2. The first-order valence-corrected chi connectivity index (χ1v) is 8.28. The average molecular weight is 358 g/mol. The van der Waals surface area contributed by atoms with Gasteiger partial charge < -0.3 is 10.1 Å². The number of nitriles is 1. The maximum absolute atomic E-state index is 12.6. The fourth-order valence-corrected chi connectivity index (χ4v) is 3.19. The van der Waals surface area contributed by atoms with Gasteiger partial charge in [-0.25, -0.2) is 4.98 Å². The van der Waals surface area contributed by atoms with Gasteiger partial charge >= 0.3 is 0 Å². The molecule has 0 saturated heterocycles. The fourth-order valence-electron chi connectivity index (χ4n) is 3.19. The zero-order valence-corrected chi connectivity index (χ0v) is 14.3. The van der Waals surface area contributed by atoms with E-state index in [2.05, 4.69) is 9.97 Å². The molecule has 27 heavy (non-hydrogen) atoms. The number of carbonyl (C=O) groups is 2. The molecule has 1 aliphatic heterocycles. The first kappa shape index (κ1) is 16.5. The smallest absolute Gasteiger partial charge is 0.262 e. The van der Waals surface area contributed by atoms with Crippen molar-refractivity contribution in [3.8, 4) is 6.07 Å². The molecule has 7 heteroatoms. The van der Waals surface area contributed by atoms with Gasteiger partial charge in [-0.1, -0.05) is 24.3 Å². The first-order valence-electron chi connectivity index (χ1n) is 8.28. The third-order valence-corrected chi connectivity index (χ3v) is 4.60. The summed E-state index contributed by atoms with van der Waals surface area (Å²) in [6, 6.07) is 14.6. The van der Waals surface area contributed by atoms with E-state index in [0.717, 1.165) is 4.90 Å². The number of aliphatic hydroxyl groups excluding tert-OH is 1. The van der Waals surface area contributed by atoms with Crippen LogP contribution in [0.3, 0.4) is 0 Å². The SMILES string of the molecule is CC(C(O)=C(C#N)c1nc2ccccc2[nH]1)N1C(=O)c2ccccc2C1=O. The number of aliphatic hydroxyl groups is 1. The van der Waals surface area contributed by atoms with Crippen LogP contribution in [0.5, 0.6) is 0 Å². The molecule has 0 radical (unpaired) electrons. The molecule has 0 spiro atoms. The number of nitrogens with one attached hydrogen (secondary N) is 1. The van der Waals surface area contributed by atoms with Gasteiger partial charge in [-0.3, -0.25) is 14.5 Å².